The van der Waals surface area contributed by atoms with Gasteiger partial charge in [-0.25, -0.2) is 0 Å². The summed E-state index contributed by atoms with van der Waals surface area (Å²) in [5.74, 6) is 1.13. The number of hydrogen-bond donors (Lipinski definition) is 0. The number of Topliss-reactive ketones (excluding diaryl/α,β-unsaturated/α-hetero) is 1. The van der Waals surface area contributed by atoms with Crippen molar-refractivity contribution in [3.05, 3.63) is 29.8 Å². The fourth-order valence-corrected chi connectivity index (χ4v) is 2.86. The normalized spacial score (nSPS) is 18.3. The van der Waals surface area contributed by atoms with E-state index in [1.54, 1.807) is 0 Å². The van der Waals surface area contributed by atoms with Crippen LogP contribution in [0.5, 0.6) is 5.75 Å². The summed E-state index contributed by atoms with van der Waals surface area (Å²) in [6.07, 6.45) is 5.83. The molecule has 2 heteroatoms. The Morgan fingerprint density at radius 2 is 1.68 bits per heavy atom. The van der Waals surface area contributed by atoms with Crippen LogP contribution in [0.4, 0.5) is 0 Å². The number of hydrogen-bond acceptors (Lipinski definition) is 2. The maximum absolute atomic E-state index is 12.6. The van der Waals surface area contributed by atoms with Crippen LogP contribution >= 0.6 is 0 Å². The molecule has 1 aromatic carbocycles. The molecule has 104 valence electrons. The highest BCUT2D eigenvalue weighted by molar-refractivity contribution is 6.00. The molecule has 0 amide bonds. The van der Waals surface area contributed by atoms with Crippen molar-refractivity contribution in [2.24, 2.45) is 5.41 Å². The summed E-state index contributed by atoms with van der Waals surface area (Å²) >= 11 is 0. The first-order valence-corrected chi connectivity index (χ1v) is 7.33. The maximum atomic E-state index is 12.6. The standard InChI is InChI=1S/C17H24O2/c1-13(2)19-15-9-7-14(8-10-15)16(18)17(3)11-5-4-6-12-17/h7-10,13H,4-6,11-12H2,1-3H3. The second-order valence-corrected chi connectivity index (χ2v) is 6.14. The van der Waals surface area contributed by atoms with Gasteiger partial charge >= 0.3 is 0 Å². The zero-order chi connectivity index (χ0) is 13.9. The van der Waals surface area contributed by atoms with Crippen LogP contribution in [0.3, 0.4) is 0 Å². The Kier molecular flexibility index (Phi) is 4.28. The van der Waals surface area contributed by atoms with E-state index in [0.29, 0.717) is 5.78 Å². The lowest BCUT2D eigenvalue weighted by Crippen LogP contribution is -2.30. The van der Waals surface area contributed by atoms with Gasteiger partial charge in [-0.05, 0) is 51.0 Å². The minimum absolute atomic E-state index is 0.154. The topological polar surface area (TPSA) is 26.3 Å². The van der Waals surface area contributed by atoms with E-state index >= 15 is 0 Å². The molecule has 0 atom stereocenters. The quantitative estimate of drug-likeness (QED) is 0.738. The molecule has 0 unspecified atom stereocenters. The van der Waals surface area contributed by atoms with Crippen molar-refractivity contribution in [2.45, 2.75) is 59.0 Å². The van der Waals surface area contributed by atoms with E-state index in [1.807, 2.05) is 38.1 Å². The van der Waals surface area contributed by atoms with E-state index in [2.05, 4.69) is 6.92 Å². The van der Waals surface area contributed by atoms with Crippen LogP contribution in [-0.2, 0) is 0 Å². The molecule has 0 saturated heterocycles. The fourth-order valence-electron chi connectivity index (χ4n) is 2.86. The molecule has 2 nitrogen and oxygen atoms in total. The average Bonchev–Trinajstić information content (AvgIpc) is 2.39. The van der Waals surface area contributed by atoms with Gasteiger partial charge in [-0.1, -0.05) is 26.2 Å². The number of benzene rings is 1. The lowest BCUT2D eigenvalue weighted by molar-refractivity contribution is 0.0749. The van der Waals surface area contributed by atoms with Crippen LogP contribution in [0.1, 0.15) is 63.2 Å². The number of rotatable bonds is 4. The highest BCUT2D eigenvalue weighted by Crippen LogP contribution is 2.38. The van der Waals surface area contributed by atoms with Crippen molar-refractivity contribution in [1.82, 2.24) is 0 Å². The van der Waals surface area contributed by atoms with E-state index in [-0.39, 0.29) is 11.5 Å². The monoisotopic (exact) mass is 260 g/mol. The Morgan fingerprint density at radius 1 is 1.11 bits per heavy atom. The first kappa shape index (κ1) is 14.1. The second-order valence-electron chi connectivity index (χ2n) is 6.14. The Morgan fingerprint density at radius 3 is 2.21 bits per heavy atom. The highest BCUT2D eigenvalue weighted by atomic mass is 16.5. The van der Waals surface area contributed by atoms with E-state index in [4.69, 9.17) is 4.74 Å². The van der Waals surface area contributed by atoms with Crippen molar-refractivity contribution in [1.29, 1.82) is 0 Å². The van der Waals surface area contributed by atoms with Crippen LogP contribution in [-0.4, -0.2) is 11.9 Å². The first-order chi connectivity index (χ1) is 9.01. The Balaban J connectivity index is 2.10. The second kappa shape index (κ2) is 5.77. The van der Waals surface area contributed by atoms with Gasteiger partial charge in [-0.3, -0.25) is 4.79 Å². The van der Waals surface area contributed by atoms with Crippen molar-refractivity contribution in [2.75, 3.05) is 0 Å². The largest absolute Gasteiger partial charge is 0.491 e. The van der Waals surface area contributed by atoms with Crippen molar-refractivity contribution < 1.29 is 9.53 Å². The molecule has 1 aliphatic rings. The predicted molar refractivity (Wildman–Crippen MR) is 77.7 cm³/mol. The summed E-state index contributed by atoms with van der Waals surface area (Å²) in [6, 6.07) is 7.61. The van der Waals surface area contributed by atoms with Gasteiger partial charge < -0.3 is 4.74 Å². The molecule has 0 aliphatic heterocycles. The summed E-state index contributed by atoms with van der Waals surface area (Å²) in [4.78, 5) is 12.6. The van der Waals surface area contributed by atoms with Crippen molar-refractivity contribution in [3.8, 4) is 5.75 Å². The first-order valence-electron chi connectivity index (χ1n) is 7.33. The molecule has 1 saturated carbocycles. The molecular weight excluding hydrogens is 236 g/mol. The summed E-state index contributed by atoms with van der Waals surface area (Å²) in [6.45, 7) is 6.12. The molecule has 19 heavy (non-hydrogen) atoms. The maximum Gasteiger partial charge on any atom is 0.168 e. The molecule has 1 fully saturated rings. The minimum Gasteiger partial charge on any atom is -0.491 e. The van der Waals surface area contributed by atoms with Gasteiger partial charge in [-0.15, -0.1) is 0 Å². The third-order valence-corrected chi connectivity index (χ3v) is 3.99. The number of carbonyl (C=O) groups is 1. The third-order valence-electron chi connectivity index (χ3n) is 3.99. The molecule has 1 aliphatic carbocycles. The van der Waals surface area contributed by atoms with Gasteiger partial charge in [0.05, 0.1) is 6.10 Å². The summed E-state index contributed by atoms with van der Waals surface area (Å²) in [5, 5.41) is 0. The van der Waals surface area contributed by atoms with Gasteiger partial charge in [0.2, 0.25) is 0 Å². The van der Waals surface area contributed by atoms with Crippen LogP contribution < -0.4 is 4.74 Å². The number of ether oxygens (including phenoxy) is 1. The summed E-state index contributed by atoms with van der Waals surface area (Å²) in [5.41, 5.74) is 0.666. The van der Waals surface area contributed by atoms with E-state index in [1.165, 1.54) is 19.3 Å². The SMILES string of the molecule is CC(C)Oc1ccc(C(=O)C2(C)CCCCC2)cc1. The fraction of sp³-hybridized carbons (Fsp3) is 0.588. The Hall–Kier alpha value is -1.31. The van der Waals surface area contributed by atoms with Gasteiger partial charge in [0.15, 0.2) is 5.78 Å². The van der Waals surface area contributed by atoms with Crippen LogP contribution in [0.2, 0.25) is 0 Å². The van der Waals surface area contributed by atoms with Gasteiger partial charge in [0, 0.05) is 11.0 Å². The lowest BCUT2D eigenvalue weighted by Gasteiger charge is -2.32. The minimum atomic E-state index is -0.154. The van der Waals surface area contributed by atoms with Crippen LogP contribution in [0.15, 0.2) is 24.3 Å². The molecule has 1 aromatic rings. The van der Waals surface area contributed by atoms with Gasteiger partial charge in [0.25, 0.3) is 0 Å². The van der Waals surface area contributed by atoms with Gasteiger partial charge in [-0.2, -0.15) is 0 Å². The molecule has 0 spiro atoms. The average molecular weight is 260 g/mol. The third kappa shape index (κ3) is 3.37. The van der Waals surface area contributed by atoms with Gasteiger partial charge in [0.1, 0.15) is 5.75 Å². The number of ketones is 1. The van der Waals surface area contributed by atoms with Crippen molar-refractivity contribution in [3.63, 3.8) is 0 Å². The Bertz CT molecular complexity index is 425. The molecule has 0 heterocycles. The highest BCUT2D eigenvalue weighted by Gasteiger charge is 2.34. The molecule has 0 aromatic heterocycles. The lowest BCUT2D eigenvalue weighted by atomic mass is 9.71. The molecule has 0 radical (unpaired) electrons. The predicted octanol–water partition coefficient (Wildman–Crippen LogP) is 4.63. The molecular formula is C17H24O2. The zero-order valence-corrected chi connectivity index (χ0v) is 12.2. The molecule has 2 rings (SSSR count). The van der Waals surface area contributed by atoms with Crippen molar-refractivity contribution >= 4 is 5.78 Å². The molecule has 0 N–H and O–H groups in total. The van der Waals surface area contributed by atoms with Crippen LogP contribution in [0.25, 0.3) is 0 Å². The van der Waals surface area contributed by atoms with E-state index in [0.717, 1.165) is 24.2 Å². The van der Waals surface area contributed by atoms with Crippen LogP contribution in [0, 0.1) is 5.41 Å². The number of carbonyl (C=O) groups excluding carboxylic acids is 1. The Labute approximate surface area is 116 Å². The van der Waals surface area contributed by atoms with E-state index in [9.17, 15) is 4.79 Å². The molecule has 0 bridgehead atoms. The zero-order valence-electron chi connectivity index (χ0n) is 12.2. The summed E-state index contributed by atoms with van der Waals surface area (Å²) in [7, 11) is 0. The van der Waals surface area contributed by atoms with E-state index < -0.39 is 0 Å². The summed E-state index contributed by atoms with van der Waals surface area (Å²) < 4.78 is 5.61. The smallest absolute Gasteiger partial charge is 0.168 e.